The van der Waals surface area contributed by atoms with E-state index in [1.807, 2.05) is 0 Å². The maximum absolute atomic E-state index is 12.9. The molecule has 1 aromatic carbocycles. The molecule has 0 spiro atoms. The Kier molecular flexibility index (Phi) is 2.51. The highest BCUT2D eigenvalue weighted by molar-refractivity contribution is 5.70. The van der Waals surface area contributed by atoms with Gasteiger partial charge in [-0.1, -0.05) is 0 Å². The van der Waals surface area contributed by atoms with E-state index in [9.17, 15) is 9.18 Å². The first kappa shape index (κ1) is 9.51. The number of phenolic OH excluding ortho intramolecular Hbond substituents is 1. The lowest BCUT2D eigenvalue weighted by molar-refractivity contribution is -0.136. The Balaban J connectivity index is 3.06. The van der Waals surface area contributed by atoms with Gasteiger partial charge in [-0.15, -0.1) is 0 Å². The Hall–Kier alpha value is -1.58. The van der Waals surface area contributed by atoms with Crippen LogP contribution in [0.15, 0.2) is 12.1 Å². The van der Waals surface area contributed by atoms with Crippen LogP contribution >= 0.6 is 0 Å². The molecular formula is C9H9FO3. The van der Waals surface area contributed by atoms with Gasteiger partial charge in [-0.3, -0.25) is 4.79 Å². The first-order valence-corrected chi connectivity index (χ1v) is 3.70. The van der Waals surface area contributed by atoms with Crippen molar-refractivity contribution < 1.29 is 19.4 Å². The van der Waals surface area contributed by atoms with Gasteiger partial charge in [0, 0.05) is 5.56 Å². The average molecular weight is 184 g/mol. The topological polar surface area (TPSA) is 57.5 Å². The van der Waals surface area contributed by atoms with Crippen LogP contribution in [0.4, 0.5) is 4.39 Å². The number of benzene rings is 1. The van der Waals surface area contributed by atoms with Crippen molar-refractivity contribution in [3.8, 4) is 5.75 Å². The number of carboxylic acid groups (broad SMARTS) is 1. The van der Waals surface area contributed by atoms with Gasteiger partial charge in [-0.2, -0.15) is 0 Å². The second-order valence-electron chi connectivity index (χ2n) is 2.79. The van der Waals surface area contributed by atoms with Crippen LogP contribution in [-0.4, -0.2) is 16.2 Å². The number of hydrogen-bond donors (Lipinski definition) is 2. The van der Waals surface area contributed by atoms with Crippen LogP contribution in [0, 0.1) is 12.7 Å². The van der Waals surface area contributed by atoms with Gasteiger partial charge in [-0.25, -0.2) is 4.39 Å². The maximum Gasteiger partial charge on any atom is 0.307 e. The Morgan fingerprint density at radius 2 is 2.15 bits per heavy atom. The lowest BCUT2D eigenvalue weighted by atomic mass is 10.1. The second kappa shape index (κ2) is 3.43. The average Bonchev–Trinajstić information content (AvgIpc) is 1.98. The lowest BCUT2D eigenvalue weighted by Gasteiger charge is -2.03. The van der Waals surface area contributed by atoms with Gasteiger partial charge in [-0.05, 0) is 24.6 Å². The summed E-state index contributed by atoms with van der Waals surface area (Å²) in [5.74, 6) is -1.85. The molecule has 4 heteroatoms. The highest BCUT2D eigenvalue weighted by atomic mass is 19.1. The number of rotatable bonds is 2. The highest BCUT2D eigenvalue weighted by Crippen LogP contribution is 2.21. The van der Waals surface area contributed by atoms with Crippen molar-refractivity contribution in [3.63, 3.8) is 0 Å². The predicted octanol–water partition coefficient (Wildman–Crippen LogP) is 1.47. The Morgan fingerprint density at radius 3 is 2.62 bits per heavy atom. The Morgan fingerprint density at radius 1 is 1.54 bits per heavy atom. The van der Waals surface area contributed by atoms with Gasteiger partial charge in [0.05, 0.1) is 6.42 Å². The van der Waals surface area contributed by atoms with Crippen molar-refractivity contribution >= 4 is 5.97 Å². The second-order valence-corrected chi connectivity index (χ2v) is 2.79. The van der Waals surface area contributed by atoms with Gasteiger partial charge in [0.15, 0.2) is 0 Å². The molecule has 0 atom stereocenters. The molecule has 0 radical (unpaired) electrons. The summed E-state index contributed by atoms with van der Waals surface area (Å²) in [5.41, 5.74) is 0.391. The molecule has 3 nitrogen and oxygen atoms in total. The third-order valence-electron chi connectivity index (χ3n) is 1.73. The number of aliphatic carboxylic acids is 1. The van der Waals surface area contributed by atoms with Gasteiger partial charge in [0.25, 0.3) is 0 Å². The summed E-state index contributed by atoms with van der Waals surface area (Å²) >= 11 is 0. The zero-order valence-electron chi connectivity index (χ0n) is 7.04. The fourth-order valence-corrected chi connectivity index (χ4v) is 0.996. The van der Waals surface area contributed by atoms with E-state index in [0.717, 1.165) is 6.07 Å². The molecule has 0 aliphatic heterocycles. The maximum atomic E-state index is 12.9. The zero-order valence-corrected chi connectivity index (χ0v) is 7.04. The minimum absolute atomic E-state index is 0.133. The van der Waals surface area contributed by atoms with Crippen molar-refractivity contribution in [2.75, 3.05) is 0 Å². The molecule has 0 aliphatic rings. The molecule has 2 N–H and O–H groups in total. The smallest absolute Gasteiger partial charge is 0.307 e. The quantitative estimate of drug-likeness (QED) is 0.731. The zero-order chi connectivity index (χ0) is 10.0. The number of halogens is 1. The van der Waals surface area contributed by atoms with Crippen LogP contribution in [0.5, 0.6) is 5.75 Å². The van der Waals surface area contributed by atoms with E-state index in [4.69, 9.17) is 10.2 Å². The lowest BCUT2D eigenvalue weighted by Crippen LogP contribution is -2.00. The fourth-order valence-electron chi connectivity index (χ4n) is 0.996. The molecular weight excluding hydrogens is 175 g/mol. The molecule has 0 unspecified atom stereocenters. The van der Waals surface area contributed by atoms with Crippen LogP contribution in [0.2, 0.25) is 0 Å². The molecule has 70 valence electrons. The van der Waals surface area contributed by atoms with Crippen molar-refractivity contribution in [3.05, 3.63) is 29.1 Å². The third kappa shape index (κ3) is 2.18. The summed E-state index contributed by atoms with van der Waals surface area (Å²) < 4.78 is 12.9. The van der Waals surface area contributed by atoms with Crippen molar-refractivity contribution in [1.82, 2.24) is 0 Å². The van der Waals surface area contributed by atoms with Crippen LogP contribution < -0.4 is 0 Å². The highest BCUT2D eigenvalue weighted by Gasteiger charge is 2.08. The normalized spacial score (nSPS) is 10.0. The van der Waals surface area contributed by atoms with E-state index < -0.39 is 11.8 Å². The minimum Gasteiger partial charge on any atom is -0.508 e. The molecule has 1 rings (SSSR count). The molecule has 0 aromatic heterocycles. The van der Waals surface area contributed by atoms with Crippen LogP contribution in [0.1, 0.15) is 11.1 Å². The van der Waals surface area contributed by atoms with Crippen molar-refractivity contribution in [1.29, 1.82) is 0 Å². The number of aromatic hydroxyl groups is 1. The van der Waals surface area contributed by atoms with Gasteiger partial charge >= 0.3 is 5.97 Å². The first-order chi connectivity index (χ1) is 6.00. The molecule has 0 aliphatic carbocycles. The number of carbonyl (C=O) groups is 1. The summed E-state index contributed by atoms with van der Waals surface area (Å²) in [6.07, 6.45) is -0.287. The molecule has 0 fully saturated rings. The Labute approximate surface area is 74.4 Å². The van der Waals surface area contributed by atoms with Crippen molar-refractivity contribution in [2.45, 2.75) is 13.3 Å². The summed E-state index contributed by atoms with van der Waals surface area (Å²) in [6.45, 7) is 1.43. The van der Waals surface area contributed by atoms with Gasteiger partial charge in [0.2, 0.25) is 0 Å². The molecule has 0 amide bonds. The minimum atomic E-state index is -1.05. The molecule has 0 bridgehead atoms. The summed E-state index contributed by atoms with van der Waals surface area (Å²) in [7, 11) is 0. The van der Waals surface area contributed by atoms with E-state index in [2.05, 4.69) is 0 Å². The monoisotopic (exact) mass is 184 g/mol. The van der Waals surface area contributed by atoms with Crippen LogP contribution in [0.3, 0.4) is 0 Å². The van der Waals surface area contributed by atoms with E-state index >= 15 is 0 Å². The van der Waals surface area contributed by atoms with E-state index in [1.165, 1.54) is 13.0 Å². The fraction of sp³-hybridized carbons (Fsp3) is 0.222. The first-order valence-electron chi connectivity index (χ1n) is 3.70. The van der Waals surface area contributed by atoms with Crippen LogP contribution in [0.25, 0.3) is 0 Å². The number of hydrogen-bond acceptors (Lipinski definition) is 2. The van der Waals surface area contributed by atoms with Crippen molar-refractivity contribution in [2.24, 2.45) is 0 Å². The molecule has 0 saturated heterocycles. The molecule has 1 aromatic rings. The standard InChI is InChI=1S/C9H9FO3/c1-5-7(10)2-6(3-8(5)11)4-9(12)13/h2-3,11H,4H2,1H3,(H,12,13). The summed E-state index contributed by atoms with van der Waals surface area (Å²) in [4.78, 5) is 10.3. The van der Waals surface area contributed by atoms with Crippen LogP contribution in [-0.2, 0) is 11.2 Å². The summed E-state index contributed by atoms with van der Waals surface area (Å²) in [5, 5.41) is 17.6. The van der Waals surface area contributed by atoms with E-state index in [0.29, 0.717) is 0 Å². The van der Waals surface area contributed by atoms with E-state index in [-0.39, 0.29) is 23.3 Å². The SMILES string of the molecule is Cc1c(O)cc(CC(=O)O)cc1F. The number of carboxylic acids is 1. The Bertz CT molecular complexity index is 324. The van der Waals surface area contributed by atoms with E-state index in [1.54, 1.807) is 0 Å². The third-order valence-corrected chi connectivity index (χ3v) is 1.73. The number of phenols is 1. The summed E-state index contributed by atoms with van der Waals surface area (Å²) in [6, 6.07) is 2.37. The van der Waals surface area contributed by atoms with Gasteiger partial charge < -0.3 is 10.2 Å². The molecule has 13 heavy (non-hydrogen) atoms. The van der Waals surface area contributed by atoms with Gasteiger partial charge in [0.1, 0.15) is 11.6 Å². The molecule has 0 heterocycles. The largest absolute Gasteiger partial charge is 0.508 e. The molecule has 0 saturated carbocycles. The predicted molar refractivity (Wildman–Crippen MR) is 44.1 cm³/mol.